The fourth-order valence-corrected chi connectivity index (χ4v) is 3.70. The smallest absolute Gasteiger partial charge is 0.191 e. The minimum atomic E-state index is -0.831. The van der Waals surface area contributed by atoms with Gasteiger partial charge in [0, 0.05) is 45.8 Å². The number of halogens is 1. The van der Waals surface area contributed by atoms with Gasteiger partial charge < -0.3 is 25.4 Å². The number of guanidine groups is 1. The highest BCUT2D eigenvalue weighted by Gasteiger charge is 2.25. The van der Waals surface area contributed by atoms with Crippen molar-refractivity contribution in [1.29, 1.82) is 0 Å². The first-order valence-electron chi connectivity index (χ1n) is 10.3. The van der Waals surface area contributed by atoms with Crippen molar-refractivity contribution in [2.24, 2.45) is 10.9 Å². The van der Waals surface area contributed by atoms with E-state index in [9.17, 15) is 5.11 Å². The lowest BCUT2D eigenvalue weighted by Crippen LogP contribution is -2.48. The van der Waals surface area contributed by atoms with E-state index >= 15 is 0 Å². The van der Waals surface area contributed by atoms with Crippen molar-refractivity contribution in [3.63, 3.8) is 0 Å². The van der Waals surface area contributed by atoms with Crippen LogP contribution in [0.25, 0.3) is 0 Å². The Kier molecular flexibility index (Phi) is 12.1. The number of β-amino-alcohol motifs (C(OH)–C–C–N with tert-alkyl or cyclic N) is 1. The van der Waals surface area contributed by atoms with Crippen molar-refractivity contribution < 1.29 is 9.84 Å². The van der Waals surface area contributed by atoms with Gasteiger partial charge in [-0.2, -0.15) is 0 Å². The summed E-state index contributed by atoms with van der Waals surface area (Å²) in [7, 11) is 0. The highest BCUT2D eigenvalue weighted by Crippen LogP contribution is 2.14. The molecule has 2 fully saturated rings. The quantitative estimate of drug-likeness (QED) is 0.264. The molecule has 2 aliphatic heterocycles. The Morgan fingerprint density at radius 1 is 1.22 bits per heavy atom. The molecule has 160 valence electrons. The maximum absolute atomic E-state index is 10.7. The van der Waals surface area contributed by atoms with Crippen LogP contribution < -0.4 is 10.6 Å². The second-order valence-electron chi connectivity index (χ2n) is 8.06. The molecule has 0 aromatic carbocycles. The lowest BCUT2D eigenvalue weighted by Gasteiger charge is -2.33. The van der Waals surface area contributed by atoms with Crippen molar-refractivity contribution in [1.82, 2.24) is 20.4 Å². The number of nitrogens with one attached hydrogen (secondary N) is 2. The van der Waals surface area contributed by atoms with Gasteiger partial charge in [0.15, 0.2) is 5.96 Å². The van der Waals surface area contributed by atoms with Crippen LogP contribution in [0.4, 0.5) is 0 Å². The van der Waals surface area contributed by atoms with Crippen molar-refractivity contribution in [2.45, 2.75) is 39.2 Å². The molecule has 0 saturated carbocycles. The van der Waals surface area contributed by atoms with E-state index in [1.165, 1.54) is 25.9 Å². The Morgan fingerprint density at radius 2 is 1.96 bits per heavy atom. The Labute approximate surface area is 182 Å². The van der Waals surface area contributed by atoms with Crippen LogP contribution in [-0.4, -0.2) is 98.6 Å². The third-order valence-corrected chi connectivity index (χ3v) is 5.05. The average molecular weight is 497 g/mol. The summed E-state index contributed by atoms with van der Waals surface area (Å²) in [5.41, 5.74) is -0.831. The number of hydrogen-bond acceptors (Lipinski definition) is 5. The van der Waals surface area contributed by atoms with E-state index in [0.29, 0.717) is 13.1 Å². The van der Waals surface area contributed by atoms with E-state index in [1.54, 1.807) is 0 Å². The molecule has 0 aromatic rings. The first-order valence-corrected chi connectivity index (χ1v) is 10.3. The Hall–Kier alpha value is -0.160. The second-order valence-corrected chi connectivity index (χ2v) is 8.06. The maximum Gasteiger partial charge on any atom is 0.191 e. The predicted octanol–water partition coefficient (Wildman–Crippen LogP) is 0.975. The largest absolute Gasteiger partial charge is 0.387 e. The second kappa shape index (κ2) is 13.1. The molecule has 2 aliphatic rings. The molecular formula is C19H40IN5O2. The van der Waals surface area contributed by atoms with Gasteiger partial charge in [-0.3, -0.25) is 9.89 Å². The fourth-order valence-electron chi connectivity index (χ4n) is 3.70. The summed E-state index contributed by atoms with van der Waals surface area (Å²) in [6.45, 7) is 15.7. The third kappa shape index (κ3) is 10.3. The van der Waals surface area contributed by atoms with Gasteiger partial charge in [-0.25, -0.2) is 0 Å². The van der Waals surface area contributed by atoms with Crippen LogP contribution in [0.2, 0.25) is 0 Å². The lowest BCUT2D eigenvalue weighted by atomic mass is 10.0. The number of piperidine rings is 1. The molecule has 0 amide bonds. The summed E-state index contributed by atoms with van der Waals surface area (Å²) >= 11 is 0. The molecule has 0 aromatic heterocycles. The Morgan fingerprint density at radius 3 is 2.63 bits per heavy atom. The Bertz CT molecular complexity index is 430. The van der Waals surface area contributed by atoms with Gasteiger partial charge in [0.2, 0.25) is 0 Å². The topological polar surface area (TPSA) is 72.4 Å². The fraction of sp³-hybridized carbons (Fsp3) is 0.947. The van der Waals surface area contributed by atoms with Crippen molar-refractivity contribution in [3.8, 4) is 0 Å². The van der Waals surface area contributed by atoms with Crippen LogP contribution in [0.5, 0.6) is 0 Å². The third-order valence-electron chi connectivity index (χ3n) is 5.05. The van der Waals surface area contributed by atoms with Crippen LogP contribution in [-0.2, 0) is 4.74 Å². The molecule has 2 saturated heterocycles. The van der Waals surface area contributed by atoms with Gasteiger partial charge in [0.05, 0.1) is 25.4 Å². The van der Waals surface area contributed by atoms with Crippen molar-refractivity contribution >= 4 is 29.9 Å². The van der Waals surface area contributed by atoms with Gasteiger partial charge in [-0.15, -0.1) is 24.0 Å². The molecule has 0 aliphatic carbocycles. The molecule has 0 bridgehead atoms. The molecule has 2 heterocycles. The van der Waals surface area contributed by atoms with Crippen LogP contribution in [0.3, 0.4) is 0 Å². The summed E-state index contributed by atoms with van der Waals surface area (Å²) in [5.74, 6) is 1.60. The molecule has 2 rings (SSSR count). The Balaban J connectivity index is 0.00000364. The monoisotopic (exact) mass is 497 g/mol. The average Bonchev–Trinajstić information content (AvgIpc) is 2.60. The van der Waals surface area contributed by atoms with Gasteiger partial charge >= 0.3 is 0 Å². The molecule has 27 heavy (non-hydrogen) atoms. The molecule has 0 radical (unpaired) electrons. The number of aliphatic imine (C=N–C) groups is 1. The maximum atomic E-state index is 10.7. The van der Waals surface area contributed by atoms with Crippen LogP contribution >= 0.6 is 24.0 Å². The number of hydrogen-bond donors (Lipinski definition) is 3. The van der Waals surface area contributed by atoms with Crippen LogP contribution in [0.1, 0.15) is 33.6 Å². The van der Waals surface area contributed by atoms with E-state index in [-0.39, 0.29) is 24.0 Å². The van der Waals surface area contributed by atoms with Gasteiger partial charge in [0.1, 0.15) is 0 Å². The summed E-state index contributed by atoms with van der Waals surface area (Å²) in [4.78, 5) is 9.39. The number of nitrogens with zero attached hydrogens (tertiary/aromatic N) is 3. The standard InChI is InChI=1S/C19H39N5O2.HI/c1-4-20-18(21-7-9-23-8-5-6-17(2)14-23)22-15-19(3,25)16-24-10-12-26-13-11-24;/h17,25H,4-16H2,1-3H3,(H2,20,21,22);1H. The number of aliphatic hydroxyl groups is 1. The first kappa shape index (κ1) is 24.9. The zero-order valence-electron chi connectivity index (χ0n) is 17.4. The normalized spacial score (nSPS) is 24.7. The SMILES string of the molecule is CCNC(=NCC(C)(O)CN1CCOCC1)NCCN1CCCC(C)C1.I. The lowest BCUT2D eigenvalue weighted by molar-refractivity contribution is -0.0180. The molecule has 2 atom stereocenters. The van der Waals surface area contributed by atoms with E-state index in [0.717, 1.165) is 57.8 Å². The van der Waals surface area contributed by atoms with Crippen LogP contribution in [0, 0.1) is 5.92 Å². The molecular weight excluding hydrogens is 457 g/mol. The van der Waals surface area contributed by atoms with Gasteiger partial charge in [-0.05, 0) is 39.2 Å². The molecule has 3 N–H and O–H groups in total. The van der Waals surface area contributed by atoms with Gasteiger partial charge in [0.25, 0.3) is 0 Å². The van der Waals surface area contributed by atoms with Gasteiger partial charge in [-0.1, -0.05) is 6.92 Å². The molecule has 0 spiro atoms. The number of ether oxygens (including phenoxy) is 1. The van der Waals surface area contributed by atoms with Crippen molar-refractivity contribution in [2.75, 3.05) is 72.1 Å². The number of rotatable bonds is 8. The number of likely N-dealkylation sites (tertiary alicyclic amines) is 1. The van der Waals surface area contributed by atoms with Crippen LogP contribution in [0.15, 0.2) is 4.99 Å². The van der Waals surface area contributed by atoms with E-state index in [1.807, 2.05) is 6.92 Å². The minimum absolute atomic E-state index is 0. The zero-order valence-corrected chi connectivity index (χ0v) is 19.7. The van der Waals surface area contributed by atoms with E-state index in [4.69, 9.17) is 4.74 Å². The summed E-state index contributed by atoms with van der Waals surface area (Å²) < 4.78 is 5.37. The summed E-state index contributed by atoms with van der Waals surface area (Å²) in [6.07, 6.45) is 2.66. The first-order chi connectivity index (χ1) is 12.5. The summed E-state index contributed by atoms with van der Waals surface area (Å²) in [6, 6.07) is 0. The molecule has 2 unspecified atom stereocenters. The number of morpholine rings is 1. The van der Waals surface area contributed by atoms with Crippen molar-refractivity contribution in [3.05, 3.63) is 0 Å². The molecule has 7 nitrogen and oxygen atoms in total. The van der Waals surface area contributed by atoms with E-state index in [2.05, 4.69) is 39.3 Å². The predicted molar refractivity (Wildman–Crippen MR) is 122 cm³/mol. The van der Waals surface area contributed by atoms with E-state index < -0.39 is 5.60 Å². The minimum Gasteiger partial charge on any atom is -0.387 e. The zero-order chi connectivity index (χ0) is 18.8. The highest BCUT2D eigenvalue weighted by atomic mass is 127. The highest BCUT2D eigenvalue weighted by molar-refractivity contribution is 14.0. The molecule has 8 heteroatoms. The summed E-state index contributed by atoms with van der Waals surface area (Å²) in [5, 5.41) is 17.4.